The Labute approximate surface area is 84.9 Å². The lowest BCUT2D eigenvalue weighted by Gasteiger charge is -2.12. The molecule has 5 heteroatoms. The van der Waals surface area contributed by atoms with E-state index in [4.69, 9.17) is 5.73 Å². The lowest BCUT2D eigenvalue weighted by Crippen LogP contribution is -2.14. The third-order valence-corrected chi connectivity index (χ3v) is 2.13. The zero-order chi connectivity index (χ0) is 11.6. The van der Waals surface area contributed by atoms with E-state index in [0.717, 1.165) is 0 Å². The van der Waals surface area contributed by atoms with Crippen LogP contribution in [0, 0.1) is 23.3 Å². The molecule has 1 aromatic carbocycles. The van der Waals surface area contributed by atoms with E-state index >= 15 is 0 Å². The molecular formula is C10H11F4N. The van der Waals surface area contributed by atoms with Crippen LogP contribution >= 0.6 is 0 Å². The quantitative estimate of drug-likeness (QED) is 0.474. The first kappa shape index (κ1) is 12.0. The van der Waals surface area contributed by atoms with E-state index < -0.39 is 29.3 Å². The third-order valence-electron chi connectivity index (χ3n) is 2.13. The van der Waals surface area contributed by atoms with Gasteiger partial charge in [0.2, 0.25) is 0 Å². The van der Waals surface area contributed by atoms with Crippen molar-refractivity contribution in [2.24, 2.45) is 5.73 Å². The van der Waals surface area contributed by atoms with Gasteiger partial charge in [0, 0.05) is 11.6 Å². The van der Waals surface area contributed by atoms with Crippen molar-refractivity contribution in [1.82, 2.24) is 0 Å². The molecule has 1 atom stereocenters. The van der Waals surface area contributed by atoms with E-state index in [1.165, 1.54) is 0 Å². The molecule has 0 radical (unpaired) electrons. The molecule has 0 amide bonds. The fourth-order valence-corrected chi connectivity index (χ4v) is 1.33. The smallest absolute Gasteiger partial charge is 0.197 e. The normalized spacial score (nSPS) is 12.9. The van der Waals surface area contributed by atoms with Crippen LogP contribution in [0.2, 0.25) is 0 Å². The Balaban J connectivity index is 3.19. The zero-order valence-electron chi connectivity index (χ0n) is 8.16. The van der Waals surface area contributed by atoms with Crippen LogP contribution in [0.15, 0.2) is 6.07 Å². The first-order chi connectivity index (χ1) is 6.99. The molecule has 15 heavy (non-hydrogen) atoms. The molecule has 0 fully saturated rings. The number of nitrogens with two attached hydrogens (primary N) is 1. The number of hydrogen-bond acceptors (Lipinski definition) is 1. The van der Waals surface area contributed by atoms with E-state index in [9.17, 15) is 17.6 Å². The molecule has 1 unspecified atom stereocenters. The predicted octanol–water partition coefficient (Wildman–Crippen LogP) is 3.04. The molecule has 1 nitrogen and oxygen atoms in total. The van der Waals surface area contributed by atoms with Gasteiger partial charge in [-0.25, -0.2) is 17.6 Å². The Bertz CT molecular complexity index is 365. The van der Waals surface area contributed by atoms with Gasteiger partial charge >= 0.3 is 0 Å². The second-order valence-corrected chi connectivity index (χ2v) is 3.28. The highest BCUT2D eigenvalue weighted by molar-refractivity contribution is 5.24. The number of benzene rings is 1. The van der Waals surface area contributed by atoms with Gasteiger partial charge in [-0.3, -0.25) is 0 Å². The highest BCUT2D eigenvalue weighted by Gasteiger charge is 2.21. The van der Waals surface area contributed by atoms with Crippen molar-refractivity contribution in [3.05, 3.63) is 34.9 Å². The molecule has 0 saturated carbocycles. The van der Waals surface area contributed by atoms with Crippen molar-refractivity contribution in [3.63, 3.8) is 0 Å². The molecule has 84 valence electrons. The van der Waals surface area contributed by atoms with Crippen molar-refractivity contribution < 1.29 is 17.6 Å². The van der Waals surface area contributed by atoms with Gasteiger partial charge in [0.1, 0.15) is 0 Å². The van der Waals surface area contributed by atoms with E-state index in [-0.39, 0.29) is 5.56 Å². The molecule has 1 rings (SSSR count). The molecular weight excluding hydrogens is 210 g/mol. The standard InChI is InChI=1S/C10H11F4N/c1-2-3-7(15)5-4-6(11)9(13)10(14)8(5)12/h4,7H,2-3,15H2,1H3. The zero-order valence-corrected chi connectivity index (χ0v) is 8.16. The van der Waals surface area contributed by atoms with Crippen LogP contribution in [-0.4, -0.2) is 0 Å². The van der Waals surface area contributed by atoms with Gasteiger partial charge in [-0.2, -0.15) is 0 Å². The Morgan fingerprint density at radius 1 is 1.13 bits per heavy atom. The first-order valence-corrected chi connectivity index (χ1v) is 4.57. The third kappa shape index (κ3) is 2.28. The van der Waals surface area contributed by atoms with Crippen LogP contribution in [0.5, 0.6) is 0 Å². The maximum atomic E-state index is 13.2. The molecule has 0 aliphatic heterocycles. The SMILES string of the molecule is CCCC(N)c1cc(F)c(F)c(F)c1F. The van der Waals surface area contributed by atoms with Crippen LogP contribution in [0.1, 0.15) is 31.4 Å². The average molecular weight is 221 g/mol. The highest BCUT2D eigenvalue weighted by Crippen LogP contribution is 2.24. The van der Waals surface area contributed by atoms with Gasteiger partial charge in [0.05, 0.1) is 0 Å². The van der Waals surface area contributed by atoms with Gasteiger partial charge in [0.25, 0.3) is 0 Å². The number of rotatable bonds is 3. The lowest BCUT2D eigenvalue weighted by atomic mass is 10.0. The van der Waals surface area contributed by atoms with E-state index in [0.29, 0.717) is 18.9 Å². The molecule has 0 heterocycles. The number of halogens is 4. The van der Waals surface area contributed by atoms with Crippen molar-refractivity contribution >= 4 is 0 Å². The van der Waals surface area contributed by atoms with Gasteiger partial charge in [-0.05, 0) is 12.5 Å². The molecule has 0 aliphatic carbocycles. The lowest BCUT2D eigenvalue weighted by molar-refractivity contribution is 0.398. The fraction of sp³-hybridized carbons (Fsp3) is 0.400. The molecule has 0 spiro atoms. The van der Waals surface area contributed by atoms with Gasteiger partial charge in [-0.1, -0.05) is 13.3 Å². The maximum Gasteiger partial charge on any atom is 0.197 e. The molecule has 1 aromatic rings. The molecule has 0 aromatic heterocycles. The van der Waals surface area contributed by atoms with Crippen molar-refractivity contribution in [2.75, 3.05) is 0 Å². The highest BCUT2D eigenvalue weighted by atomic mass is 19.2. The van der Waals surface area contributed by atoms with Crippen LogP contribution < -0.4 is 5.73 Å². The van der Waals surface area contributed by atoms with Crippen LogP contribution in [0.25, 0.3) is 0 Å². The Hall–Kier alpha value is -1.10. The Kier molecular flexibility index (Phi) is 3.68. The summed E-state index contributed by atoms with van der Waals surface area (Å²) in [5.74, 6) is -6.44. The first-order valence-electron chi connectivity index (χ1n) is 4.57. The fourth-order valence-electron chi connectivity index (χ4n) is 1.33. The summed E-state index contributed by atoms with van der Waals surface area (Å²) < 4.78 is 51.3. The monoisotopic (exact) mass is 221 g/mol. The number of hydrogen-bond donors (Lipinski definition) is 1. The summed E-state index contributed by atoms with van der Waals surface area (Å²) in [6, 6.07) is -0.215. The minimum absolute atomic E-state index is 0.326. The summed E-state index contributed by atoms with van der Waals surface area (Å²) in [5.41, 5.74) is 5.17. The van der Waals surface area contributed by atoms with Crippen molar-refractivity contribution in [1.29, 1.82) is 0 Å². The van der Waals surface area contributed by atoms with Crippen LogP contribution in [0.4, 0.5) is 17.6 Å². The average Bonchev–Trinajstić information content (AvgIpc) is 2.20. The topological polar surface area (TPSA) is 26.0 Å². The largest absolute Gasteiger partial charge is 0.324 e. The summed E-state index contributed by atoms with van der Waals surface area (Å²) in [6.45, 7) is 1.80. The van der Waals surface area contributed by atoms with Gasteiger partial charge < -0.3 is 5.73 Å². The van der Waals surface area contributed by atoms with Gasteiger partial charge in [-0.15, -0.1) is 0 Å². The van der Waals surface area contributed by atoms with Crippen molar-refractivity contribution in [2.45, 2.75) is 25.8 Å². The van der Waals surface area contributed by atoms with E-state index in [1.54, 1.807) is 6.92 Å². The molecule has 0 saturated heterocycles. The molecule has 0 bridgehead atoms. The van der Waals surface area contributed by atoms with Gasteiger partial charge in [0.15, 0.2) is 23.3 Å². The summed E-state index contributed by atoms with van der Waals surface area (Å²) >= 11 is 0. The van der Waals surface area contributed by atoms with Crippen LogP contribution in [0.3, 0.4) is 0 Å². The minimum Gasteiger partial charge on any atom is -0.324 e. The minimum atomic E-state index is -1.81. The Morgan fingerprint density at radius 2 is 1.73 bits per heavy atom. The summed E-state index contributed by atoms with van der Waals surface area (Å²) in [5, 5.41) is 0. The Morgan fingerprint density at radius 3 is 2.27 bits per heavy atom. The molecule has 0 aliphatic rings. The summed E-state index contributed by atoms with van der Waals surface area (Å²) in [6.07, 6.45) is 1.02. The predicted molar refractivity (Wildman–Crippen MR) is 48.1 cm³/mol. The van der Waals surface area contributed by atoms with Crippen LogP contribution in [-0.2, 0) is 0 Å². The summed E-state index contributed by atoms with van der Waals surface area (Å²) in [7, 11) is 0. The van der Waals surface area contributed by atoms with E-state index in [2.05, 4.69) is 0 Å². The second-order valence-electron chi connectivity index (χ2n) is 3.28. The van der Waals surface area contributed by atoms with Crippen molar-refractivity contribution in [3.8, 4) is 0 Å². The maximum absolute atomic E-state index is 13.2. The summed E-state index contributed by atoms with van der Waals surface area (Å²) in [4.78, 5) is 0. The van der Waals surface area contributed by atoms with E-state index in [1.807, 2.05) is 0 Å². The second kappa shape index (κ2) is 4.61. The molecule has 2 N–H and O–H groups in total.